The average molecular weight is 374 g/mol. The lowest BCUT2D eigenvalue weighted by molar-refractivity contribution is 0.599. The van der Waals surface area contributed by atoms with Gasteiger partial charge in [-0.15, -0.1) is 0 Å². The molecule has 0 N–H and O–H groups in total. The largest absolute Gasteiger partial charge is 0.454 e. The molecule has 0 saturated heterocycles. The first-order chi connectivity index (χ1) is 13.7. The number of hydrogen-bond donors (Lipinski definition) is 0. The fourth-order valence-electron chi connectivity index (χ4n) is 3.13. The third-order valence-electron chi connectivity index (χ3n) is 4.54. The summed E-state index contributed by atoms with van der Waals surface area (Å²) in [6, 6.07) is 14.7. The topological polar surface area (TPSA) is 25.5 Å². The SMILES string of the molecule is C/C=C\c1oc2c(N=C/C(=C\C)c3ccc(C)cc3)cccc2c1CC.CC. The van der Waals surface area contributed by atoms with Crippen LogP contribution in [0.5, 0.6) is 0 Å². The summed E-state index contributed by atoms with van der Waals surface area (Å²) >= 11 is 0. The Kier molecular flexibility index (Phi) is 8.01. The van der Waals surface area contributed by atoms with E-state index in [4.69, 9.17) is 9.41 Å². The van der Waals surface area contributed by atoms with E-state index in [1.54, 1.807) is 0 Å². The summed E-state index contributed by atoms with van der Waals surface area (Å²) in [5.41, 5.74) is 6.47. The Morgan fingerprint density at radius 3 is 2.36 bits per heavy atom. The summed E-state index contributed by atoms with van der Waals surface area (Å²) in [6.07, 6.45) is 8.97. The second kappa shape index (κ2) is 10.5. The van der Waals surface area contributed by atoms with Gasteiger partial charge in [0.2, 0.25) is 0 Å². The highest BCUT2D eigenvalue weighted by Crippen LogP contribution is 2.34. The van der Waals surface area contributed by atoms with Crippen LogP contribution in [-0.4, -0.2) is 6.21 Å². The quantitative estimate of drug-likeness (QED) is 0.414. The van der Waals surface area contributed by atoms with Crippen molar-refractivity contribution < 1.29 is 4.42 Å². The van der Waals surface area contributed by atoms with Crippen LogP contribution in [0.1, 0.15) is 57.1 Å². The van der Waals surface area contributed by atoms with Crippen molar-refractivity contribution in [2.75, 3.05) is 0 Å². The summed E-state index contributed by atoms with van der Waals surface area (Å²) in [6.45, 7) is 12.3. The maximum Gasteiger partial charge on any atom is 0.160 e. The molecule has 1 heterocycles. The van der Waals surface area contributed by atoms with Gasteiger partial charge in [0.05, 0.1) is 0 Å². The lowest BCUT2D eigenvalue weighted by Gasteiger charge is -2.02. The molecule has 0 radical (unpaired) electrons. The van der Waals surface area contributed by atoms with Crippen LogP contribution in [-0.2, 0) is 6.42 Å². The highest BCUT2D eigenvalue weighted by atomic mass is 16.3. The molecule has 0 amide bonds. The molecule has 0 aliphatic rings. The molecular formula is C26H31NO. The molecule has 0 unspecified atom stereocenters. The molecule has 146 valence electrons. The van der Waals surface area contributed by atoms with Crippen molar-refractivity contribution in [3.8, 4) is 0 Å². The van der Waals surface area contributed by atoms with E-state index in [2.05, 4.69) is 50.3 Å². The Bertz CT molecular complexity index is 985. The first-order valence-corrected chi connectivity index (χ1v) is 10.1. The number of aliphatic imine (C=N–C) groups is 1. The zero-order valence-electron chi connectivity index (χ0n) is 17.9. The van der Waals surface area contributed by atoms with Gasteiger partial charge in [0.25, 0.3) is 0 Å². The van der Waals surface area contributed by atoms with Crippen LogP contribution in [0.3, 0.4) is 0 Å². The Balaban J connectivity index is 0.00000136. The Labute approximate surface area is 169 Å². The standard InChI is InChI=1S/C24H25NO.C2H6/c1-5-9-23-20(7-3)21-10-8-11-22(24(21)26-23)25-16-18(6-2)19-14-12-17(4)13-15-19;1-2/h5-6,8-16H,7H2,1-4H3;1-2H3/b9-5-,18-6+,25-16?;. The van der Waals surface area contributed by atoms with Crippen LogP contribution in [0.4, 0.5) is 5.69 Å². The third-order valence-corrected chi connectivity index (χ3v) is 4.54. The minimum atomic E-state index is 0.855. The summed E-state index contributed by atoms with van der Waals surface area (Å²) in [7, 11) is 0. The number of aryl methyl sites for hydroxylation is 2. The lowest BCUT2D eigenvalue weighted by Crippen LogP contribution is -1.86. The second-order valence-electron chi connectivity index (χ2n) is 6.32. The van der Waals surface area contributed by atoms with Crippen molar-refractivity contribution in [2.45, 2.75) is 48.0 Å². The Hall–Kier alpha value is -2.87. The maximum absolute atomic E-state index is 6.13. The summed E-state index contributed by atoms with van der Waals surface area (Å²) < 4.78 is 6.13. The number of para-hydroxylation sites is 1. The number of nitrogens with zero attached hydrogens (tertiary/aromatic N) is 1. The van der Waals surface area contributed by atoms with E-state index < -0.39 is 0 Å². The van der Waals surface area contributed by atoms with Crippen LogP contribution in [0.25, 0.3) is 22.6 Å². The van der Waals surface area contributed by atoms with Gasteiger partial charge in [0.1, 0.15) is 11.4 Å². The van der Waals surface area contributed by atoms with Crippen LogP contribution in [0.2, 0.25) is 0 Å². The fraction of sp³-hybridized carbons (Fsp3) is 0.269. The lowest BCUT2D eigenvalue weighted by atomic mass is 10.1. The highest BCUT2D eigenvalue weighted by molar-refractivity contribution is 6.11. The maximum atomic E-state index is 6.13. The van der Waals surface area contributed by atoms with Gasteiger partial charge in [0, 0.05) is 17.2 Å². The van der Waals surface area contributed by atoms with Crippen LogP contribution >= 0.6 is 0 Å². The Morgan fingerprint density at radius 2 is 1.75 bits per heavy atom. The number of hydrogen-bond acceptors (Lipinski definition) is 2. The molecular weight excluding hydrogens is 342 g/mol. The minimum absolute atomic E-state index is 0.855. The number of rotatable bonds is 5. The molecule has 0 aliphatic carbocycles. The van der Waals surface area contributed by atoms with E-state index in [0.717, 1.165) is 40.0 Å². The van der Waals surface area contributed by atoms with E-state index in [-0.39, 0.29) is 0 Å². The highest BCUT2D eigenvalue weighted by Gasteiger charge is 2.13. The average Bonchev–Trinajstić information content (AvgIpc) is 3.09. The number of allylic oxidation sites excluding steroid dienone is 3. The van der Waals surface area contributed by atoms with Gasteiger partial charge in [-0.1, -0.05) is 74.9 Å². The van der Waals surface area contributed by atoms with E-state index >= 15 is 0 Å². The van der Waals surface area contributed by atoms with Crippen molar-refractivity contribution in [3.63, 3.8) is 0 Å². The van der Waals surface area contributed by atoms with Gasteiger partial charge >= 0.3 is 0 Å². The van der Waals surface area contributed by atoms with Crippen LogP contribution in [0.15, 0.2) is 64.0 Å². The third kappa shape index (κ3) is 4.69. The number of furan rings is 1. The first-order valence-electron chi connectivity index (χ1n) is 10.1. The number of benzene rings is 2. The first kappa shape index (κ1) is 21.4. The van der Waals surface area contributed by atoms with Crippen molar-refractivity contribution in [1.29, 1.82) is 0 Å². The normalized spacial score (nSPS) is 12.0. The molecule has 0 aliphatic heterocycles. The predicted octanol–water partition coefficient (Wildman–Crippen LogP) is 8.17. The number of fused-ring (bicyclic) bond motifs is 1. The van der Waals surface area contributed by atoms with Crippen molar-refractivity contribution in [1.82, 2.24) is 0 Å². The molecule has 1 aromatic heterocycles. The van der Waals surface area contributed by atoms with E-state index in [1.807, 2.05) is 58.2 Å². The monoisotopic (exact) mass is 373 g/mol. The van der Waals surface area contributed by atoms with Crippen molar-refractivity contribution >= 4 is 34.5 Å². The van der Waals surface area contributed by atoms with Crippen molar-refractivity contribution in [2.24, 2.45) is 4.99 Å². The Morgan fingerprint density at radius 1 is 1.04 bits per heavy atom. The molecule has 3 aromatic rings. The van der Waals surface area contributed by atoms with E-state index in [9.17, 15) is 0 Å². The molecule has 28 heavy (non-hydrogen) atoms. The van der Waals surface area contributed by atoms with Gasteiger partial charge in [-0.2, -0.15) is 0 Å². The summed E-state index contributed by atoms with van der Waals surface area (Å²) in [5, 5.41) is 1.15. The van der Waals surface area contributed by atoms with E-state index in [0.29, 0.717) is 0 Å². The molecule has 0 spiro atoms. The minimum Gasteiger partial charge on any atom is -0.454 e. The zero-order valence-corrected chi connectivity index (χ0v) is 17.9. The van der Waals surface area contributed by atoms with E-state index in [1.165, 1.54) is 11.1 Å². The molecule has 0 bridgehead atoms. The summed E-state index contributed by atoms with van der Waals surface area (Å²) in [5.74, 6) is 0.928. The molecule has 2 nitrogen and oxygen atoms in total. The summed E-state index contributed by atoms with van der Waals surface area (Å²) in [4.78, 5) is 4.74. The second-order valence-corrected chi connectivity index (χ2v) is 6.32. The molecule has 0 atom stereocenters. The predicted molar refractivity (Wildman–Crippen MR) is 125 cm³/mol. The molecule has 2 aromatic carbocycles. The molecule has 3 rings (SSSR count). The van der Waals surface area contributed by atoms with Gasteiger partial charge in [-0.25, -0.2) is 0 Å². The molecule has 2 heteroatoms. The molecule has 0 fully saturated rings. The fourth-order valence-corrected chi connectivity index (χ4v) is 3.13. The smallest absolute Gasteiger partial charge is 0.160 e. The van der Waals surface area contributed by atoms with Crippen LogP contribution in [0, 0.1) is 6.92 Å². The zero-order chi connectivity index (χ0) is 20.5. The van der Waals surface area contributed by atoms with Crippen molar-refractivity contribution in [3.05, 3.63) is 77.1 Å². The van der Waals surface area contributed by atoms with Gasteiger partial charge in [-0.3, -0.25) is 4.99 Å². The van der Waals surface area contributed by atoms with Crippen LogP contribution < -0.4 is 0 Å². The van der Waals surface area contributed by atoms with Gasteiger partial charge in [0.15, 0.2) is 5.58 Å². The van der Waals surface area contributed by atoms with Gasteiger partial charge in [-0.05, 0) is 50.5 Å². The van der Waals surface area contributed by atoms with Gasteiger partial charge < -0.3 is 4.42 Å². The molecule has 0 saturated carbocycles.